The molecule has 100 valence electrons. The molecule has 0 radical (unpaired) electrons. The second kappa shape index (κ2) is 4.64. The lowest BCUT2D eigenvalue weighted by molar-refractivity contribution is 0.349. The summed E-state index contributed by atoms with van der Waals surface area (Å²) in [6.07, 6.45) is 3.71. The van der Waals surface area contributed by atoms with Gasteiger partial charge < -0.3 is 5.32 Å². The van der Waals surface area contributed by atoms with E-state index in [9.17, 15) is 0 Å². The van der Waals surface area contributed by atoms with Crippen LogP contribution in [0.25, 0.3) is 10.8 Å². The molecule has 1 aliphatic rings. The summed E-state index contributed by atoms with van der Waals surface area (Å²) in [5.41, 5.74) is 0.308. The number of benzene rings is 1. The van der Waals surface area contributed by atoms with Gasteiger partial charge >= 0.3 is 0 Å². The van der Waals surface area contributed by atoms with Crippen molar-refractivity contribution in [1.29, 1.82) is 0 Å². The summed E-state index contributed by atoms with van der Waals surface area (Å²) < 4.78 is 0. The van der Waals surface area contributed by atoms with E-state index in [0.717, 1.165) is 16.6 Å². The van der Waals surface area contributed by atoms with Gasteiger partial charge in [-0.25, -0.2) is 0 Å². The molecule has 1 aromatic heterocycles. The maximum atomic E-state index is 6.10. The van der Waals surface area contributed by atoms with Crippen LogP contribution in [0.4, 0.5) is 5.82 Å². The van der Waals surface area contributed by atoms with E-state index in [1.165, 1.54) is 19.3 Å². The lowest BCUT2D eigenvalue weighted by atomic mass is 9.87. The first-order chi connectivity index (χ1) is 9.08. The molecule has 1 atom stereocenters. The second-order valence-corrected chi connectivity index (χ2v) is 6.32. The number of hydrogen-bond acceptors (Lipinski definition) is 3. The van der Waals surface area contributed by atoms with Crippen molar-refractivity contribution < 1.29 is 0 Å². The number of halogens is 1. The minimum absolute atomic E-state index is 0.308. The van der Waals surface area contributed by atoms with Crippen LogP contribution >= 0.6 is 11.6 Å². The molecule has 2 aromatic rings. The predicted molar refractivity (Wildman–Crippen MR) is 79.6 cm³/mol. The van der Waals surface area contributed by atoms with Gasteiger partial charge in [0.1, 0.15) is 0 Å². The fourth-order valence-corrected chi connectivity index (χ4v) is 3.14. The molecule has 0 bridgehead atoms. The Balaban J connectivity index is 2.00. The third kappa shape index (κ3) is 2.27. The average molecular weight is 276 g/mol. The van der Waals surface area contributed by atoms with Crippen LogP contribution in [0.15, 0.2) is 24.3 Å². The van der Waals surface area contributed by atoms with E-state index in [1.807, 2.05) is 24.3 Å². The van der Waals surface area contributed by atoms with Gasteiger partial charge in [0.05, 0.1) is 0 Å². The van der Waals surface area contributed by atoms with E-state index < -0.39 is 0 Å². The molecule has 1 saturated carbocycles. The highest BCUT2D eigenvalue weighted by atomic mass is 35.5. The van der Waals surface area contributed by atoms with Crippen molar-refractivity contribution in [1.82, 2.24) is 10.2 Å². The molecule has 1 fully saturated rings. The van der Waals surface area contributed by atoms with Gasteiger partial charge in [0.2, 0.25) is 0 Å². The van der Waals surface area contributed by atoms with Crippen molar-refractivity contribution in [2.75, 3.05) is 5.32 Å². The maximum absolute atomic E-state index is 6.10. The lowest BCUT2D eigenvalue weighted by Crippen LogP contribution is -2.31. The second-order valence-electron chi connectivity index (χ2n) is 5.96. The van der Waals surface area contributed by atoms with Crippen molar-refractivity contribution >= 4 is 28.2 Å². The summed E-state index contributed by atoms with van der Waals surface area (Å²) in [6.45, 7) is 4.62. The summed E-state index contributed by atoms with van der Waals surface area (Å²) >= 11 is 6.10. The first kappa shape index (κ1) is 12.7. The number of rotatable bonds is 2. The summed E-state index contributed by atoms with van der Waals surface area (Å²) in [6, 6.07) is 8.45. The molecule has 3 nitrogen and oxygen atoms in total. The maximum Gasteiger partial charge on any atom is 0.159 e. The topological polar surface area (TPSA) is 37.8 Å². The Morgan fingerprint density at radius 3 is 2.63 bits per heavy atom. The number of nitrogens with one attached hydrogen (secondary N) is 1. The zero-order chi connectivity index (χ0) is 13.5. The highest BCUT2D eigenvalue weighted by molar-refractivity contribution is 6.34. The van der Waals surface area contributed by atoms with Crippen molar-refractivity contribution in [3.05, 3.63) is 29.4 Å². The summed E-state index contributed by atoms with van der Waals surface area (Å²) in [5, 5.41) is 14.3. The van der Waals surface area contributed by atoms with Crippen LogP contribution in [0.2, 0.25) is 5.15 Å². The highest BCUT2D eigenvalue weighted by Crippen LogP contribution is 2.39. The molecule has 1 heterocycles. The number of hydrogen-bond donors (Lipinski definition) is 1. The number of fused-ring (bicyclic) bond motifs is 1. The molecule has 0 amide bonds. The number of aromatic nitrogens is 2. The minimum Gasteiger partial charge on any atom is -0.365 e. The van der Waals surface area contributed by atoms with Gasteiger partial charge in [-0.05, 0) is 18.3 Å². The van der Waals surface area contributed by atoms with E-state index in [2.05, 4.69) is 29.4 Å². The molecule has 1 aliphatic carbocycles. The smallest absolute Gasteiger partial charge is 0.159 e. The highest BCUT2D eigenvalue weighted by Gasteiger charge is 2.34. The van der Waals surface area contributed by atoms with Crippen LogP contribution in [0.3, 0.4) is 0 Å². The normalized spacial score (nSPS) is 21.7. The third-order valence-electron chi connectivity index (χ3n) is 4.21. The van der Waals surface area contributed by atoms with Crippen molar-refractivity contribution in [2.24, 2.45) is 5.41 Å². The zero-order valence-corrected chi connectivity index (χ0v) is 12.0. The van der Waals surface area contributed by atoms with Crippen molar-refractivity contribution in [3.8, 4) is 0 Å². The first-order valence-electron chi connectivity index (χ1n) is 6.75. The summed E-state index contributed by atoms with van der Waals surface area (Å²) in [5.74, 6) is 0.847. The van der Waals surface area contributed by atoms with Gasteiger partial charge in [-0.3, -0.25) is 0 Å². The largest absolute Gasteiger partial charge is 0.365 e. The fraction of sp³-hybridized carbons (Fsp3) is 0.467. The molecule has 0 saturated heterocycles. The van der Waals surface area contributed by atoms with E-state index in [-0.39, 0.29) is 0 Å². The molecule has 4 heteroatoms. The number of nitrogens with zero attached hydrogens (tertiary/aromatic N) is 2. The number of anilines is 1. The van der Waals surface area contributed by atoms with E-state index in [4.69, 9.17) is 11.6 Å². The molecule has 3 rings (SSSR count). The van der Waals surface area contributed by atoms with E-state index >= 15 is 0 Å². The van der Waals surface area contributed by atoms with Crippen LogP contribution in [0.1, 0.15) is 33.1 Å². The Labute approximate surface area is 118 Å². The Kier molecular flexibility index (Phi) is 3.09. The van der Waals surface area contributed by atoms with Crippen LogP contribution < -0.4 is 5.32 Å². The molecule has 19 heavy (non-hydrogen) atoms. The Morgan fingerprint density at radius 2 is 1.95 bits per heavy atom. The van der Waals surface area contributed by atoms with Crippen LogP contribution in [0.5, 0.6) is 0 Å². The monoisotopic (exact) mass is 275 g/mol. The third-order valence-corrected chi connectivity index (χ3v) is 4.49. The van der Waals surface area contributed by atoms with Crippen LogP contribution in [-0.2, 0) is 0 Å². The Bertz CT molecular complexity index is 609. The van der Waals surface area contributed by atoms with Crippen molar-refractivity contribution in [2.45, 2.75) is 39.2 Å². The standard InChI is InChI=1S/C15H18ClN3/c1-15(2)9-5-8-12(15)17-14-11-7-4-3-6-10(11)13(16)18-19-14/h3-4,6-7,12H,5,8-9H2,1-2H3,(H,17,19). The van der Waals surface area contributed by atoms with Crippen LogP contribution in [0, 0.1) is 5.41 Å². The molecular formula is C15H18ClN3. The van der Waals surface area contributed by atoms with Gasteiger partial charge in [0.25, 0.3) is 0 Å². The quantitative estimate of drug-likeness (QED) is 0.889. The minimum atomic E-state index is 0.308. The molecule has 0 aliphatic heterocycles. The zero-order valence-electron chi connectivity index (χ0n) is 11.3. The average Bonchev–Trinajstić information content (AvgIpc) is 2.72. The molecule has 1 aromatic carbocycles. The first-order valence-corrected chi connectivity index (χ1v) is 7.13. The van der Waals surface area contributed by atoms with Gasteiger partial charge in [0, 0.05) is 16.8 Å². The molecule has 1 unspecified atom stereocenters. The van der Waals surface area contributed by atoms with Crippen molar-refractivity contribution in [3.63, 3.8) is 0 Å². The molecular weight excluding hydrogens is 258 g/mol. The van der Waals surface area contributed by atoms with Gasteiger partial charge in [-0.1, -0.05) is 56.1 Å². The SMILES string of the molecule is CC1(C)CCCC1Nc1nnc(Cl)c2ccccc12. The summed E-state index contributed by atoms with van der Waals surface area (Å²) in [4.78, 5) is 0. The summed E-state index contributed by atoms with van der Waals surface area (Å²) in [7, 11) is 0. The van der Waals surface area contributed by atoms with E-state index in [1.54, 1.807) is 0 Å². The molecule has 1 N–H and O–H groups in total. The molecule has 0 spiro atoms. The van der Waals surface area contributed by atoms with Gasteiger partial charge in [-0.2, -0.15) is 0 Å². The predicted octanol–water partition coefficient (Wildman–Crippen LogP) is 4.27. The van der Waals surface area contributed by atoms with Crippen LogP contribution in [-0.4, -0.2) is 16.2 Å². The Hall–Kier alpha value is -1.35. The fourth-order valence-electron chi connectivity index (χ4n) is 2.94. The van der Waals surface area contributed by atoms with Gasteiger partial charge in [0.15, 0.2) is 11.0 Å². The Morgan fingerprint density at radius 1 is 1.21 bits per heavy atom. The lowest BCUT2D eigenvalue weighted by Gasteiger charge is -2.28. The van der Waals surface area contributed by atoms with Gasteiger partial charge in [-0.15, -0.1) is 10.2 Å². The van der Waals surface area contributed by atoms with E-state index in [0.29, 0.717) is 16.6 Å².